The Morgan fingerprint density at radius 1 is 1.46 bits per heavy atom. The van der Waals surface area contributed by atoms with Crippen LogP contribution in [0.5, 0.6) is 0 Å². The zero-order chi connectivity index (χ0) is 10.1. The Morgan fingerprint density at radius 3 is 2.69 bits per heavy atom. The summed E-state index contributed by atoms with van der Waals surface area (Å²) in [6, 6.07) is 0. The Kier molecular flexibility index (Phi) is 9.13. The molecule has 0 amide bonds. The minimum absolute atomic E-state index is 0.318. The normalized spacial score (nSPS) is 12.8. The van der Waals surface area contributed by atoms with Gasteiger partial charge in [-0.25, -0.2) is 0 Å². The van der Waals surface area contributed by atoms with Crippen molar-refractivity contribution >= 4 is 27.4 Å². The molecule has 0 aromatic rings. The summed E-state index contributed by atoms with van der Waals surface area (Å²) in [4.78, 5) is 11.3. The van der Waals surface area contributed by atoms with E-state index in [2.05, 4.69) is 19.2 Å². The summed E-state index contributed by atoms with van der Waals surface area (Å²) in [6.45, 7) is 7.65. The molecule has 0 aromatic carbocycles. The predicted octanol–water partition coefficient (Wildman–Crippen LogP) is 2.34. The highest BCUT2D eigenvalue weighted by molar-refractivity contribution is 8.76. The number of carbonyl (C=O) groups excluding carboxylic acids is 1. The molecule has 0 radical (unpaired) electrons. The van der Waals surface area contributed by atoms with Crippen LogP contribution in [0.1, 0.15) is 27.2 Å². The van der Waals surface area contributed by atoms with Crippen molar-refractivity contribution in [3.63, 3.8) is 0 Å². The lowest BCUT2D eigenvalue weighted by molar-refractivity contribution is -0.118. The second-order valence-electron chi connectivity index (χ2n) is 2.84. The average Bonchev–Trinajstić information content (AvgIpc) is 2.11. The minimum atomic E-state index is 0.318. The Balaban J connectivity index is 3.41. The summed E-state index contributed by atoms with van der Waals surface area (Å²) in [6.07, 6.45) is 0.685. The topological polar surface area (TPSA) is 29.1 Å². The van der Waals surface area contributed by atoms with Crippen molar-refractivity contribution in [2.24, 2.45) is 0 Å². The fourth-order valence-corrected chi connectivity index (χ4v) is 2.81. The molecule has 0 bridgehead atoms. The third-order valence-corrected chi connectivity index (χ3v) is 4.41. The Morgan fingerprint density at radius 2 is 2.15 bits per heavy atom. The first-order valence-electron chi connectivity index (χ1n) is 4.71. The molecule has 1 unspecified atom stereocenters. The monoisotopic (exact) mass is 221 g/mol. The molecule has 0 fully saturated rings. The third-order valence-electron chi connectivity index (χ3n) is 1.44. The largest absolute Gasteiger partial charge is 0.310 e. The van der Waals surface area contributed by atoms with E-state index in [1.54, 1.807) is 10.8 Å². The van der Waals surface area contributed by atoms with Crippen LogP contribution in [0.2, 0.25) is 0 Å². The van der Waals surface area contributed by atoms with Gasteiger partial charge in [-0.05, 0) is 6.54 Å². The SMILES string of the molecule is CCNCC(=O)CC(C)SSCC. The van der Waals surface area contributed by atoms with Gasteiger partial charge >= 0.3 is 0 Å². The van der Waals surface area contributed by atoms with Gasteiger partial charge in [0.25, 0.3) is 0 Å². The van der Waals surface area contributed by atoms with Crippen LogP contribution in [0.15, 0.2) is 0 Å². The molecule has 0 saturated carbocycles. The summed E-state index contributed by atoms with van der Waals surface area (Å²) in [5.41, 5.74) is 0. The fourth-order valence-electron chi connectivity index (χ4n) is 0.875. The number of nitrogens with one attached hydrogen (secondary N) is 1. The van der Waals surface area contributed by atoms with Gasteiger partial charge in [-0.15, -0.1) is 0 Å². The van der Waals surface area contributed by atoms with Gasteiger partial charge in [0.2, 0.25) is 0 Å². The predicted molar refractivity (Wildman–Crippen MR) is 63.4 cm³/mol. The average molecular weight is 221 g/mol. The van der Waals surface area contributed by atoms with Crippen LogP contribution >= 0.6 is 21.6 Å². The maximum Gasteiger partial charge on any atom is 0.147 e. The van der Waals surface area contributed by atoms with Gasteiger partial charge in [0, 0.05) is 17.4 Å². The smallest absolute Gasteiger partial charge is 0.147 e. The number of Topliss-reactive ketones (excluding diaryl/α,β-unsaturated/α-hetero) is 1. The summed E-state index contributed by atoms with van der Waals surface area (Å²) >= 11 is 0. The van der Waals surface area contributed by atoms with E-state index in [1.807, 2.05) is 17.7 Å². The first-order valence-corrected chi connectivity index (χ1v) is 7.09. The molecular weight excluding hydrogens is 202 g/mol. The van der Waals surface area contributed by atoms with Gasteiger partial charge in [-0.2, -0.15) is 0 Å². The first kappa shape index (κ1) is 13.3. The molecule has 2 nitrogen and oxygen atoms in total. The van der Waals surface area contributed by atoms with E-state index in [1.165, 1.54) is 0 Å². The van der Waals surface area contributed by atoms with Gasteiger partial charge in [-0.3, -0.25) is 4.79 Å². The summed E-state index contributed by atoms with van der Waals surface area (Å²) in [5, 5.41) is 3.48. The zero-order valence-corrected chi connectivity index (χ0v) is 10.3. The molecule has 78 valence electrons. The molecule has 0 saturated heterocycles. The minimum Gasteiger partial charge on any atom is -0.310 e. The quantitative estimate of drug-likeness (QED) is 0.637. The second-order valence-corrected chi connectivity index (χ2v) is 5.93. The first-order chi connectivity index (χ1) is 6.20. The van der Waals surface area contributed by atoms with Gasteiger partial charge in [-0.1, -0.05) is 42.4 Å². The number of hydrogen-bond acceptors (Lipinski definition) is 4. The molecule has 1 N–H and O–H groups in total. The van der Waals surface area contributed by atoms with Crippen LogP contribution in [-0.2, 0) is 4.79 Å². The van der Waals surface area contributed by atoms with E-state index in [0.717, 1.165) is 12.3 Å². The molecule has 0 rings (SSSR count). The van der Waals surface area contributed by atoms with Crippen molar-refractivity contribution in [1.82, 2.24) is 5.32 Å². The van der Waals surface area contributed by atoms with E-state index < -0.39 is 0 Å². The van der Waals surface area contributed by atoms with Gasteiger partial charge in [0.05, 0.1) is 6.54 Å². The molecule has 1 atom stereocenters. The van der Waals surface area contributed by atoms with Crippen LogP contribution in [0.25, 0.3) is 0 Å². The maximum atomic E-state index is 11.3. The summed E-state index contributed by atoms with van der Waals surface area (Å²) in [5.74, 6) is 1.43. The lowest BCUT2D eigenvalue weighted by atomic mass is 10.2. The number of likely N-dealkylation sites (N-methyl/N-ethyl adjacent to an activating group) is 1. The van der Waals surface area contributed by atoms with Crippen molar-refractivity contribution in [3.05, 3.63) is 0 Å². The van der Waals surface area contributed by atoms with Crippen molar-refractivity contribution in [1.29, 1.82) is 0 Å². The van der Waals surface area contributed by atoms with E-state index in [9.17, 15) is 4.79 Å². The highest BCUT2D eigenvalue weighted by Crippen LogP contribution is 2.27. The second kappa shape index (κ2) is 8.91. The van der Waals surface area contributed by atoms with Crippen molar-refractivity contribution < 1.29 is 4.79 Å². The lowest BCUT2D eigenvalue weighted by Gasteiger charge is -2.08. The standard InChI is InChI=1S/C9H19NOS2/c1-4-10-7-9(11)6-8(3)13-12-5-2/h8,10H,4-7H2,1-3H3. The van der Waals surface area contributed by atoms with E-state index in [-0.39, 0.29) is 0 Å². The van der Waals surface area contributed by atoms with Gasteiger partial charge in [0.15, 0.2) is 0 Å². The Hall–Kier alpha value is 0.330. The van der Waals surface area contributed by atoms with Crippen LogP contribution in [0.4, 0.5) is 0 Å². The summed E-state index contributed by atoms with van der Waals surface area (Å²) < 4.78 is 0. The van der Waals surface area contributed by atoms with Crippen LogP contribution in [0, 0.1) is 0 Å². The molecule has 0 aromatic heterocycles. The fraction of sp³-hybridized carbons (Fsp3) is 0.889. The van der Waals surface area contributed by atoms with Crippen molar-refractivity contribution in [2.45, 2.75) is 32.4 Å². The van der Waals surface area contributed by atoms with E-state index >= 15 is 0 Å². The van der Waals surface area contributed by atoms with Crippen LogP contribution in [0.3, 0.4) is 0 Å². The highest BCUT2D eigenvalue weighted by atomic mass is 33.1. The van der Waals surface area contributed by atoms with Gasteiger partial charge < -0.3 is 5.32 Å². The highest BCUT2D eigenvalue weighted by Gasteiger charge is 2.08. The number of rotatable bonds is 8. The molecule has 0 aliphatic carbocycles. The van der Waals surface area contributed by atoms with Crippen LogP contribution < -0.4 is 5.32 Å². The number of hydrogen-bond donors (Lipinski definition) is 1. The maximum absolute atomic E-state index is 11.3. The van der Waals surface area contributed by atoms with Crippen molar-refractivity contribution in [2.75, 3.05) is 18.8 Å². The Bertz CT molecular complexity index is 142. The molecule has 0 aliphatic rings. The molecule has 0 aliphatic heterocycles. The third kappa shape index (κ3) is 8.65. The van der Waals surface area contributed by atoms with Gasteiger partial charge in [0.1, 0.15) is 5.78 Å². The van der Waals surface area contributed by atoms with Crippen molar-refractivity contribution in [3.8, 4) is 0 Å². The molecule has 4 heteroatoms. The summed E-state index contributed by atoms with van der Waals surface area (Å²) in [7, 11) is 3.63. The number of ketones is 1. The molecule has 13 heavy (non-hydrogen) atoms. The molecule has 0 heterocycles. The van der Waals surface area contributed by atoms with E-state index in [4.69, 9.17) is 0 Å². The van der Waals surface area contributed by atoms with Crippen LogP contribution in [-0.4, -0.2) is 29.9 Å². The molecule has 0 spiro atoms. The van der Waals surface area contributed by atoms with E-state index in [0.29, 0.717) is 24.0 Å². The number of carbonyl (C=O) groups is 1. The lowest BCUT2D eigenvalue weighted by Crippen LogP contribution is -2.24. The molecular formula is C9H19NOS2. The zero-order valence-electron chi connectivity index (χ0n) is 8.63. The Labute approximate surface area is 89.0 Å².